The summed E-state index contributed by atoms with van der Waals surface area (Å²) in [6, 6.07) is 0.446. The molecule has 6 heteroatoms. The third-order valence-corrected chi connectivity index (χ3v) is 4.84. The minimum absolute atomic E-state index is 0.223. The van der Waals surface area contributed by atoms with Gasteiger partial charge in [-0.15, -0.1) is 0 Å². The number of morpholine rings is 1. The van der Waals surface area contributed by atoms with Crippen LogP contribution in [0.1, 0.15) is 31.2 Å². The van der Waals surface area contributed by atoms with Crippen molar-refractivity contribution in [3.63, 3.8) is 0 Å². The second-order valence-electron chi connectivity index (χ2n) is 6.50. The van der Waals surface area contributed by atoms with Gasteiger partial charge in [0.05, 0.1) is 18.8 Å². The lowest BCUT2D eigenvalue weighted by Crippen LogP contribution is -2.58. The first kappa shape index (κ1) is 13.4. The fourth-order valence-corrected chi connectivity index (χ4v) is 3.79. The summed E-state index contributed by atoms with van der Waals surface area (Å²) >= 11 is 0. The predicted octanol–water partition coefficient (Wildman–Crippen LogP) is 0.415. The Hall–Kier alpha value is -1.24. The van der Waals surface area contributed by atoms with Crippen LogP contribution in [0, 0.1) is 0 Å². The van der Waals surface area contributed by atoms with Gasteiger partial charge in [-0.3, -0.25) is 0 Å². The minimum Gasteiger partial charge on any atom is -0.385 e. The van der Waals surface area contributed by atoms with Crippen molar-refractivity contribution in [2.45, 2.75) is 43.4 Å². The van der Waals surface area contributed by atoms with E-state index >= 15 is 0 Å². The molecule has 114 valence electrons. The molecule has 2 unspecified atom stereocenters. The number of ether oxygens (including phenoxy) is 1. The second kappa shape index (κ2) is 5.19. The largest absolute Gasteiger partial charge is 0.385 e. The van der Waals surface area contributed by atoms with Gasteiger partial charge in [-0.1, -0.05) is 0 Å². The third-order valence-electron chi connectivity index (χ3n) is 4.84. The average Bonchev–Trinajstić information content (AvgIpc) is 3.01. The minimum atomic E-state index is -0.825. The van der Waals surface area contributed by atoms with Crippen LogP contribution in [-0.4, -0.2) is 53.5 Å². The number of nitrogens with zero attached hydrogens (tertiary/aromatic N) is 3. The summed E-state index contributed by atoms with van der Waals surface area (Å²) in [5, 5.41) is 14.5. The lowest BCUT2D eigenvalue weighted by molar-refractivity contribution is -0.0805. The molecule has 3 aliphatic rings. The highest BCUT2D eigenvalue weighted by atomic mass is 16.5. The standard InChI is InChI=1S/C15H22N4O2/c20-15(5-12-9-21-10-13(6-15)18-12)11-7-16-14(17-8-11)19-3-1-2-4-19/h7-8,12-13,18,20H,1-6,9-10H2. The molecule has 0 amide bonds. The van der Waals surface area contributed by atoms with Crippen LogP contribution in [0.5, 0.6) is 0 Å². The van der Waals surface area contributed by atoms with E-state index in [1.165, 1.54) is 12.8 Å². The lowest BCUT2D eigenvalue weighted by atomic mass is 9.79. The topological polar surface area (TPSA) is 70.5 Å². The molecule has 2 N–H and O–H groups in total. The van der Waals surface area contributed by atoms with E-state index in [4.69, 9.17) is 4.74 Å². The Morgan fingerprint density at radius 1 is 1.14 bits per heavy atom. The Balaban J connectivity index is 1.54. The summed E-state index contributed by atoms with van der Waals surface area (Å²) in [4.78, 5) is 11.2. The van der Waals surface area contributed by atoms with Gasteiger partial charge in [0.15, 0.2) is 0 Å². The molecule has 3 fully saturated rings. The Kier molecular flexibility index (Phi) is 3.32. The molecule has 2 atom stereocenters. The van der Waals surface area contributed by atoms with Crippen molar-refractivity contribution in [2.75, 3.05) is 31.2 Å². The Labute approximate surface area is 124 Å². The zero-order chi connectivity index (χ0) is 14.3. The first-order valence-corrected chi connectivity index (χ1v) is 7.87. The van der Waals surface area contributed by atoms with Gasteiger partial charge in [0.1, 0.15) is 0 Å². The molecule has 3 aliphatic heterocycles. The summed E-state index contributed by atoms with van der Waals surface area (Å²) in [5.74, 6) is 0.789. The fourth-order valence-electron chi connectivity index (χ4n) is 3.79. The normalized spacial score (nSPS) is 36.0. The van der Waals surface area contributed by atoms with Gasteiger partial charge in [0.2, 0.25) is 5.95 Å². The highest BCUT2D eigenvalue weighted by Crippen LogP contribution is 2.36. The van der Waals surface area contributed by atoms with Crippen LogP contribution in [0.3, 0.4) is 0 Å². The first-order chi connectivity index (χ1) is 10.2. The van der Waals surface area contributed by atoms with Crippen LogP contribution in [-0.2, 0) is 10.3 Å². The molecule has 4 heterocycles. The molecule has 0 spiro atoms. The molecule has 0 aromatic carbocycles. The van der Waals surface area contributed by atoms with Crippen molar-refractivity contribution in [3.8, 4) is 0 Å². The van der Waals surface area contributed by atoms with Gasteiger partial charge in [-0.2, -0.15) is 0 Å². The van der Waals surface area contributed by atoms with E-state index in [1.807, 2.05) is 12.4 Å². The van der Waals surface area contributed by atoms with E-state index < -0.39 is 5.60 Å². The molecule has 1 aromatic heterocycles. The molecule has 0 radical (unpaired) electrons. The number of nitrogens with one attached hydrogen (secondary N) is 1. The SMILES string of the molecule is OC1(c2cnc(N3CCCC3)nc2)CC2COCC(C1)N2. The van der Waals surface area contributed by atoms with Crippen LogP contribution < -0.4 is 10.2 Å². The molecule has 0 saturated carbocycles. The smallest absolute Gasteiger partial charge is 0.225 e. The van der Waals surface area contributed by atoms with E-state index in [0.29, 0.717) is 26.1 Å². The van der Waals surface area contributed by atoms with Crippen LogP contribution >= 0.6 is 0 Å². The zero-order valence-electron chi connectivity index (χ0n) is 12.2. The Bertz CT molecular complexity index is 489. The van der Waals surface area contributed by atoms with Crippen LogP contribution in [0.4, 0.5) is 5.95 Å². The van der Waals surface area contributed by atoms with Crippen molar-refractivity contribution < 1.29 is 9.84 Å². The van der Waals surface area contributed by atoms with Crippen molar-refractivity contribution in [2.24, 2.45) is 0 Å². The maximum Gasteiger partial charge on any atom is 0.225 e. The zero-order valence-corrected chi connectivity index (χ0v) is 12.2. The molecule has 21 heavy (non-hydrogen) atoms. The third kappa shape index (κ3) is 2.52. The molecule has 3 saturated heterocycles. The van der Waals surface area contributed by atoms with E-state index in [9.17, 15) is 5.11 Å². The maximum absolute atomic E-state index is 11.0. The molecule has 1 aromatic rings. The quantitative estimate of drug-likeness (QED) is 0.822. The number of anilines is 1. The summed E-state index contributed by atoms with van der Waals surface area (Å²) < 4.78 is 5.54. The second-order valence-corrected chi connectivity index (χ2v) is 6.50. The Morgan fingerprint density at radius 3 is 2.38 bits per heavy atom. The summed E-state index contributed by atoms with van der Waals surface area (Å²) in [7, 11) is 0. The predicted molar refractivity (Wildman–Crippen MR) is 78.1 cm³/mol. The van der Waals surface area contributed by atoms with Crippen LogP contribution in [0.25, 0.3) is 0 Å². The van der Waals surface area contributed by atoms with E-state index in [2.05, 4.69) is 20.2 Å². The summed E-state index contributed by atoms with van der Waals surface area (Å²) in [6.07, 6.45) is 7.37. The maximum atomic E-state index is 11.0. The van der Waals surface area contributed by atoms with Gasteiger partial charge in [0.25, 0.3) is 0 Å². The summed E-state index contributed by atoms with van der Waals surface area (Å²) in [6.45, 7) is 3.42. The fraction of sp³-hybridized carbons (Fsp3) is 0.733. The lowest BCUT2D eigenvalue weighted by Gasteiger charge is -2.44. The number of rotatable bonds is 2. The number of aliphatic hydroxyl groups is 1. The monoisotopic (exact) mass is 290 g/mol. The number of hydrogen-bond donors (Lipinski definition) is 2. The number of fused-ring (bicyclic) bond motifs is 2. The molecule has 2 bridgehead atoms. The van der Waals surface area contributed by atoms with Gasteiger partial charge in [0, 0.05) is 43.1 Å². The average molecular weight is 290 g/mol. The van der Waals surface area contributed by atoms with E-state index in [0.717, 1.165) is 24.6 Å². The van der Waals surface area contributed by atoms with Gasteiger partial charge >= 0.3 is 0 Å². The molecular formula is C15H22N4O2. The van der Waals surface area contributed by atoms with Crippen molar-refractivity contribution >= 4 is 5.95 Å². The molecule has 4 rings (SSSR count). The number of piperidine rings is 1. The highest BCUT2D eigenvalue weighted by molar-refractivity contribution is 5.32. The van der Waals surface area contributed by atoms with Crippen molar-refractivity contribution in [1.82, 2.24) is 15.3 Å². The Morgan fingerprint density at radius 2 is 1.76 bits per heavy atom. The molecular weight excluding hydrogens is 268 g/mol. The van der Waals surface area contributed by atoms with Gasteiger partial charge < -0.3 is 20.1 Å². The number of hydrogen-bond acceptors (Lipinski definition) is 6. The highest BCUT2D eigenvalue weighted by Gasteiger charge is 2.42. The van der Waals surface area contributed by atoms with E-state index in [1.54, 1.807) is 0 Å². The van der Waals surface area contributed by atoms with Crippen LogP contribution in [0.15, 0.2) is 12.4 Å². The van der Waals surface area contributed by atoms with Crippen molar-refractivity contribution in [1.29, 1.82) is 0 Å². The molecule has 6 nitrogen and oxygen atoms in total. The molecule has 0 aliphatic carbocycles. The van der Waals surface area contributed by atoms with Crippen molar-refractivity contribution in [3.05, 3.63) is 18.0 Å². The van der Waals surface area contributed by atoms with Crippen LogP contribution in [0.2, 0.25) is 0 Å². The van der Waals surface area contributed by atoms with Gasteiger partial charge in [-0.05, 0) is 25.7 Å². The number of aromatic nitrogens is 2. The summed E-state index contributed by atoms with van der Waals surface area (Å²) in [5.41, 5.74) is 0.0114. The van der Waals surface area contributed by atoms with Gasteiger partial charge in [-0.25, -0.2) is 9.97 Å². The van der Waals surface area contributed by atoms with E-state index in [-0.39, 0.29) is 12.1 Å². The first-order valence-electron chi connectivity index (χ1n) is 7.87.